The first-order valence-corrected chi connectivity index (χ1v) is 9.55. The first-order chi connectivity index (χ1) is 13.9. The third-order valence-electron chi connectivity index (χ3n) is 4.35. The SMILES string of the molecule is CCCNc1nc(C)c(C#CC(C)(C)c2ccc(C(F)(F)F)cc2)c(NC(C)=O)n1. The summed E-state index contributed by atoms with van der Waals surface area (Å²) in [6.07, 6.45) is -3.50. The zero-order chi connectivity index (χ0) is 22.5. The van der Waals surface area contributed by atoms with Crippen LogP contribution in [0.4, 0.5) is 24.9 Å². The number of rotatable bonds is 5. The second-order valence-electron chi connectivity index (χ2n) is 7.41. The average molecular weight is 418 g/mol. The third kappa shape index (κ3) is 5.96. The summed E-state index contributed by atoms with van der Waals surface area (Å²) in [6, 6.07) is 4.94. The molecule has 1 heterocycles. The fraction of sp³-hybridized carbons (Fsp3) is 0.409. The van der Waals surface area contributed by atoms with Crippen molar-refractivity contribution in [3.05, 3.63) is 46.6 Å². The zero-order valence-electron chi connectivity index (χ0n) is 17.7. The van der Waals surface area contributed by atoms with Crippen LogP contribution in [0.5, 0.6) is 0 Å². The normalized spacial score (nSPS) is 11.5. The van der Waals surface area contributed by atoms with Gasteiger partial charge in [0, 0.05) is 13.5 Å². The Hall–Kier alpha value is -3.08. The quantitative estimate of drug-likeness (QED) is 0.677. The Kier molecular flexibility index (Phi) is 7.08. The first-order valence-electron chi connectivity index (χ1n) is 9.55. The van der Waals surface area contributed by atoms with Crippen LogP contribution in [0.25, 0.3) is 0 Å². The molecule has 0 aliphatic heterocycles. The van der Waals surface area contributed by atoms with E-state index >= 15 is 0 Å². The lowest BCUT2D eigenvalue weighted by atomic mass is 9.84. The Morgan fingerprint density at radius 2 is 1.70 bits per heavy atom. The van der Waals surface area contributed by atoms with E-state index in [9.17, 15) is 18.0 Å². The van der Waals surface area contributed by atoms with Gasteiger partial charge < -0.3 is 10.6 Å². The van der Waals surface area contributed by atoms with Gasteiger partial charge >= 0.3 is 6.18 Å². The van der Waals surface area contributed by atoms with E-state index in [1.807, 2.05) is 20.8 Å². The van der Waals surface area contributed by atoms with E-state index in [2.05, 4.69) is 32.4 Å². The van der Waals surface area contributed by atoms with Gasteiger partial charge in [0.05, 0.1) is 22.2 Å². The minimum Gasteiger partial charge on any atom is -0.354 e. The summed E-state index contributed by atoms with van der Waals surface area (Å²) in [6.45, 7) is 9.46. The zero-order valence-corrected chi connectivity index (χ0v) is 17.7. The van der Waals surface area contributed by atoms with Gasteiger partial charge in [-0.25, -0.2) is 4.98 Å². The molecule has 0 saturated heterocycles. The number of hydrogen-bond donors (Lipinski definition) is 2. The van der Waals surface area contributed by atoms with Crippen molar-refractivity contribution in [2.45, 2.75) is 52.6 Å². The molecule has 160 valence electrons. The average Bonchev–Trinajstić information content (AvgIpc) is 2.64. The first kappa shape index (κ1) is 23.2. The molecule has 1 aromatic heterocycles. The van der Waals surface area contributed by atoms with Crippen LogP contribution in [0.2, 0.25) is 0 Å². The number of alkyl halides is 3. The fourth-order valence-corrected chi connectivity index (χ4v) is 2.66. The van der Waals surface area contributed by atoms with Crippen LogP contribution in [0.15, 0.2) is 24.3 Å². The summed E-state index contributed by atoms with van der Waals surface area (Å²) in [5.41, 5.74) is 0.255. The molecule has 1 aromatic carbocycles. The van der Waals surface area contributed by atoms with Crippen LogP contribution >= 0.6 is 0 Å². The highest BCUT2D eigenvalue weighted by atomic mass is 19.4. The monoisotopic (exact) mass is 418 g/mol. The molecule has 0 unspecified atom stereocenters. The van der Waals surface area contributed by atoms with Crippen molar-refractivity contribution in [3.8, 4) is 11.8 Å². The minimum atomic E-state index is -4.39. The molecule has 2 rings (SSSR count). The molecule has 30 heavy (non-hydrogen) atoms. The Labute approximate surface area is 174 Å². The maximum atomic E-state index is 12.8. The van der Waals surface area contributed by atoms with Crippen LogP contribution in [-0.4, -0.2) is 22.4 Å². The Morgan fingerprint density at radius 3 is 2.23 bits per heavy atom. The molecular formula is C22H25F3N4O. The predicted molar refractivity (Wildman–Crippen MR) is 111 cm³/mol. The van der Waals surface area contributed by atoms with E-state index in [0.29, 0.717) is 35.1 Å². The number of carbonyl (C=O) groups is 1. The van der Waals surface area contributed by atoms with Crippen molar-refractivity contribution in [3.63, 3.8) is 0 Å². The number of anilines is 2. The molecule has 0 saturated carbocycles. The summed E-state index contributed by atoms with van der Waals surface area (Å²) in [5.74, 6) is 6.50. The lowest BCUT2D eigenvalue weighted by molar-refractivity contribution is -0.137. The molecule has 5 nitrogen and oxygen atoms in total. The summed E-state index contributed by atoms with van der Waals surface area (Å²) >= 11 is 0. The lowest BCUT2D eigenvalue weighted by Gasteiger charge is -2.19. The molecule has 0 aliphatic rings. The summed E-state index contributed by atoms with van der Waals surface area (Å²) in [5, 5.41) is 5.75. The second-order valence-corrected chi connectivity index (χ2v) is 7.41. The summed E-state index contributed by atoms with van der Waals surface area (Å²) in [7, 11) is 0. The Balaban J connectivity index is 2.42. The molecule has 2 N–H and O–H groups in total. The van der Waals surface area contributed by atoms with Gasteiger partial charge in [0.25, 0.3) is 0 Å². The van der Waals surface area contributed by atoms with E-state index in [-0.39, 0.29) is 5.91 Å². The van der Waals surface area contributed by atoms with Crippen LogP contribution in [0, 0.1) is 18.8 Å². The second kappa shape index (κ2) is 9.16. The van der Waals surface area contributed by atoms with Crippen molar-refractivity contribution in [2.24, 2.45) is 0 Å². The highest BCUT2D eigenvalue weighted by Gasteiger charge is 2.30. The molecule has 0 radical (unpaired) electrons. The van der Waals surface area contributed by atoms with E-state index in [0.717, 1.165) is 18.6 Å². The largest absolute Gasteiger partial charge is 0.416 e. The number of nitrogens with zero attached hydrogens (tertiary/aromatic N) is 2. The number of amides is 1. The molecule has 8 heteroatoms. The fourth-order valence-electron chi connectivity index (χ4n) is 2.66. The molecular weight excluding hydrogens is 393 g/mol. The van der Waals surface area contributed by atoms with Gasteiger partial charge in [0.15, 0.2) is 5.82 Å². The van der Waals surface area contributed by atoms with Crippen molar-refractivity contribution in [1.82, 2.24) is 9.97 Å². The van der Waals surface area contributed by atoms with Gasteiger partial charge in [-0.15, -0.1) is 0 Å². The van der Waals surface area contributed by atoms with Crippen molar-refractivity contribution in [2.75, 3.05) is 17.2 Å². The number of carbonyl (C=O) groups excluding carboxylic acids is 1. The topological polar surface area (TPSA) is 66.9 Å². The highest BCUT2D eigenvalue weighted by molar-refractivity contribution is 5.89. The number of benzene rings is 1. The van der Waals surface area contributed by atoms with Gasteiger partial charge in [-0.3, -0.25) is 4.79 Å². The standard InChI is InChI=1S/C22H25F3N4O/c1-6-13-26-20-27-14(2)18(19(29-20)28-15(3)30)11-12-21(4,5)16-7-9-17(10-8-16)22(23,24)25/h7-10H,6,13H2,1-5H3,(H2,26,27,28,29,30). The lowest BCUT2D eigenvalue weighted by Crippen LogP contribution is -2.16. The van der Waals surface area contributed by atoms with Crippen molar-refractivity contribution < 1.29 is 18.0 Å². The van der Waals surface area contributed by atoms with Gasteiger partial charge in [-0.05, 0) is 44.9 Å². The molecule has 0 spiro atoms. The minimum absolute atomic E-state index is 0.292. The molecule has 0 aliphatic carbocycles. The van der Waals surface area contributed by atoms with Crippen LogP contribution < -0.4 is 10.6 Å². The van der Waals surface area contributed by atoms with Gasteiger partial charge in [0.1, 0.15) is 0 Å². The van der Waals surface area contributed by atoms with Gasteiger partial charge in [-0.1, -0.05) is 30.9 Å². The maximum Gasteiger partial charge on any atom is 0.416 e. The van der Waals surface area contributed by atoms with E-state index in [4.69, 9.17) is 0 Å². The van der Waals surface area contributed by atoms with Gasteiger partial charge in [-0.2, -0.15) is 18.2 Å². The number of aryl methyl sites for hydroxylation is 1. The molecule has 0 bridgehead atoms. The van der Waals surface area contributed by atoms with E-state index in [1.54, 1.807) is 6.92 Å². The molecule has 2 aromatic rings. The van der Waals surface area contributed by atoms with E-state index < -0.39 is 17.2 Å². The number of aromatic nitrogens is 2. The van der Waals surface area contributed by atoms with Crippen molar-refractivity contribution >= 4 is 17.7 Å². The van der Waals surface area contributed by atoms with Crippen LogP contribution in [0.3, 0.4) is 0 Å². The van der Waals surface area contributed by atoms with Gasteiger partial charge in [0.2, 0.25) is 11.9 Å². The number of nitrogens with one attached hydrogen (secondary N) is 2. The summed E-state index contributed by atoms with van der Waals surface area (Å²) in [4.78, 5) is 20.3. The number of halogens is 3. The van der Waals surface area contributed by atoms with Crippen LogP contribution in [-0.2, 0) is 16.4 Å². The highest BCUT2D eigenvalue weighted by Crippen LogP contribution is 2.31. The van der Waals surface area contributed by atoms with E-state index in [1.165, 1.54) is 19.1 Å². The smallest absolute Gasteiger partial charge is 0.354 e. The molecule has 0 atom stereocenters. The van der Waals surface area contributed by atoms with Crippen LogP contribution in [0.1, 0.15) is 56.5 Å². The predicted octanol–water partition coefficient (Wildman–Crippen LogP) is 4.91. The Morgan fingerprint density at radius 1 is 1.10 bits per heavy atom. The summed E-state index contributed by atoms with van der Waals surface area (Å²) < 4.78 is 38.4. The van der Waals surface area contributed by atoms with Crippen molar-refractivity contribution in [1.29, 1.82) is 0 Å². The number of hydrogen-bond acceptors (Lipinski definition) is 4. The molecule has 1 amide bonds. The third-order valence-corrected chi connectivity index (χ3v) is 4.35. The Bertz CT molecular complexity index is 971. The maximum absolute atomic E-state index is 12.8. The molecule has 0 fully saturated rings.